The molecule has 0 radical (unpaired) electrons. The number of hydrogen-bond acceptors (Lipinski definition) is 3. The normalized spacial score (nSPS) is 27.0. The van der Waals surface area contributed by atoms with Crippen LogP contribution >= 0.6 is 0 Å². The lowest BCUT2D eigenvalue weighted by Crippen LogP contribution is -2.33. The standard InChI is InChI=1S/C17H24N2O2/c18-16-12-19(11-15(16)14-4-2-1-3-5-14)17(20)10-13-6-8-21-9-7-13/h1-5,13,15-16H,6-12,18H2/t15-,16+/m0/s1. The predicted molar refractivity (Wildman–Crippen MR) is 81.9 cm³/mol. The maximum absolute atomic E-state index is 12.5. The van der Waals surface area contributed by atoms with Gasteiger partial charge in [-0.1, -0.05) is 30.3 Å². The van der Waals surface area contributed by atoms with E-state index in [0.717, 1.165) is 32.6 Å². The molecule has 2 aliphatic rings. The summed E-state index contributed by atoms with van der Waals surface area (Å²) >= 11 is 0. The maximum Gasteiger partial charge on any atom is 0.222 e. The molecule has 2 fully saturated rings. The summed E-state index contributed by atoms with van der Waals surface area (Å²) < 4.78 is 5.35. The molecule has 2 N–H and O–H groups in total. The highest BCUT2D eigenvalue weighted by molar-refractivity contribution is 5.77. The van der Waals surface area contributed by atoms with Crippen LogP contribution in [0.2, 0.25) is 0 Å². The zero-order valence-corrected chi connectivity index (χ0v) is 12.4. The summed E-state index contributed by atoms with van der Waals surface area (Å²) in [6, 6.07) is 10.3. The van der Waals surface area contributed by atoms with Crippen molar-refractivity contribution in [2.24, 2.45) is 11.7 Å². The Kier molecular flexibility index (Phi) is 4.56. The van der Waals surface area contributed by atoms with Crippen LogP contribution in [-0.4, -0.2) is 43.2 Å². The van der Waals surface area contributed by atoms with Crippen molar-refractivity contribution in [3.63, 3.8) is 0 Å². The Balaban J connectivity index is 1.58. The van der Waals surface area contributed by atoms with E-state index < -0.39 is 0 Å². The Hall–Kier alpha value is -1.39. The average Bonchev–Trinajstić information content (AvgIpc) is 2.91. The van der Waals surface area contributed by atoms with Gasteiger partial charge in [0.2, 0.25) is 5.91 Å². The molecule has 0 spiro atoms. The van der Waals surface area contributed by atoms with E-state index in [9.17, 15) is 4.79 Å². The maximum atomic E-state index is 12.5. The molecule has 114 valence electrons. The van der Waals surface area contributed by atoms with E-state index in [0.29, 0.717) is 18.9 Å². The minimum atomic E-state index is 0.0473. The first-order valence-electron chi connectivity index (χ1n) is 7.90. The molecule has 0 aliphatic carbocycles. The smallest absolute Gasteiger partial charge is 0.222 e. The summed E-state index contributed by atoms with van der Waals surface area (Å²) in [5, 5.41) is 0. The Morgan fingerprint density at radius 1 is 1.19 bits per heavy atom. The minimum Gasteiger partial charge on any atom is -0.381 e. The number of nitrogens with zero attached hydrogens (tertiary/aromatic N) is 1. The lowest BCUT2D eigenvalue weighted by Gasteiger charge is -2.24. The number of likely N-dealkylation sites (tertiary alicyclic amines) is 1. The highest BCUT2D eigenvalue weighted by Gasteiger charge is 2.34. The molecule has 4 heteroatoms. The van der Waals surface area contributed by atoms with Gasteiger partial charge < -0.3 is 15.4 Å². The molecular weight excluding hydrogens is 264 g/mol. The summed E-state index contributed by atoms with van der Waals surface area (Å²) in [6.45, 7) is 3.03. The molecule has 1 aromatic rings. The third-order valence-corrected chi connectivity index (χ3v) is 4.75. The van der Waals surface area contributed by atoms with Crippen LogP contribution in [0.3, 0.4) is 0 Å². The average molecular weight is 288 g/mol. The molecule has 2 aliphatic heterocycles. The Morgan fingerprint density at radius 3 is 2.62 bits per heavy atom. The van der Waals surface area contributed by atoms with Crippen molar-refractivity contribution in [3.05, 3.63) is 35.9 Å². The number of rotatable bonds is 3. The molecule has 0 aromatic heterocycles. The van der Waals surface area contributed by atoms with E-state index in [2.05, 4.69) is 12.1 Å². The number of amides is 1. The molecular formula is C17H24N2O2. The predicted octanol–water partition coefficient (Wildman–Crippen LogP) is 1.76. The van der Waals surface area contributed by atoms with E-state index in [1.54, 1.807) is 0 Å². The van der Waals surface area contributed by atoms with Crippen LogP contribution in [-0.2, 0) is 9.53 Å². The van der Waals surface area contributed by atoms with E-state index in [1.165, 1.54) is 5.56 Å². The highest BCUT2D eigenvalue weighted by Crippen LogP contribution is 2.28. The topological polar surface area (TPSA) is 55.6 Å². The first-order chi connectivity index (χ1) is 10.2. The third kappa shape index (κ3) is 3.44. The van der Waals surface area contributed by atoms with Gasteiger partial charge in [-0.2, -0.15) is 0 Å². The largest absolute Gasteiger partial charge is 0.381 e. The Labute approximate surface area is 126 Å². The van der Waals surface area contributed by atoms with Gasteiger partial charge in [0, 0.05) is 44.7 Å². The minimum absolute atomic E-state index is 0.0473. The van der Waals surface area contributed by atoms with Gasteiger partial charge in [0.25, 0.3) is 0 Å². The second-order valence-electron chi connectivity index (χ2n) is 6.24. The van der Waals surface area contributed by atoms with Crippen LogP contribution in [0.1, 0.15) is 30.7 Å². The molecule has 21 heavy (non-hydrogen) atoms. The van der Waals surface area contributed by atoms with Crippen LogP contribution in [0.15, 0.2) is 30.3 Å². The van der Waals surface area contributed by atoms with Gasteiger partial charge in [0.15, 0.2) is 0 Å². The Morgan fingerprint density at radius 2 is 1.90 bits per heavy atom. The second-order valence-corrected chi connectivity index (χ2v) is 6.24. The van der Waals surface area contributed by atoms with Crippen molar-refractivity contribution in [2.45, 2.75) is 31.2 Å². The summed E-state index contributed by atoms with van der Waals surface area (Å²) in [7, 11) is 0. The SMILES string of the molecule is N[C@@H]1CN(C(=O)CC2CCOCC2)C[C@H]1c1ccccc1. The summed E-state index contributed by atoms with van der Waals surface area (Å²) in [6.07, 6.45) is 2.67. The van der Waals surface area contributed by atoms with Crippen LogP contribution < -0.4 is 5.73 Å². The summed E-state index contributed by atoms with van der Waals surface area (Å²) in [5.41, 5.74) is 7.50. The zero-order chi connectivity index (χ0) is 14.7. The first kappa shape index (κ1) is 14.5. The second kappa shape index (κ2) is 6.58. The van der Waals surface area contributed by atoms with Gasteiger partial charge in [-0.15, -0.1) is 0 Å². The lowest BCUT2D eigenvalue weighted by atomic mass is 9.95. The first-order valence-corrected chi connectivity index (χ1v) is 7.90. The number of hydrogen-bond donors (Lipinski definition) is 1. The monoisotopic (exact) mass is 288 g/mol. The fourth-order valence-corrected chi connectivity index (χ4v) is 3.41. The lowest BCUT2D eigenvalue weighted by molar-refractivity contribution is -0.131. The van der Waals surface area contributed by atoms with Crippen molar-refractivity contribution in [3.8, 4) is 0 Å². The van der Waals surface area contributed by atoms with Crippen LogP contribution in [0, 0.1) is 5.92 Å². The fourth-order valence-electron chi connectivity index (χ4n) is 3.41. The van der Waals surface area contributed by atoms with Crippen molar-refractivity contribution < 1.29 is 9.53 Å². The van der Waals surface area contributed by atoms with Crippen LogP contribution in [0.4, 0.5) is 0 Å². The fraction of sp³-hybridized carbons (Fsp3) is 0.588. The van der Waals surface area contributed by atoms with Gasteiger partial charge in [0.1, 0.15) is 0 Å². The van der Waals surface area contributed by atoms with Gasteiger partial charge in [-0.3, -0.25) is 4.79 Å². The van der Waals surface area contributed by atoms with E-state index in [1.807, 2.05) is 23.1 Å². The molecule has 1 aromatic carbocycles. The molecule has 0 bridgehead atoms. The highest BCUT2D eigenvalue weighted by atomic mass is 16.5. The van der Waals surface area contributed by atoms with Gasteiger partial charge >= 0.3 is 0 Å². The van der Waals surface area contributed by atoms with Crippen molar-refractivity contribution >= 4 is 5.91 Å². The van der Waals surface area contributed by atoms with Crippen LogP contribution in [0.5, 0.6) is 0 Å². The molecule has 0 unspecified atom stereocenters. The molecule has 4 nitrogen and oxygen atoms in total. The number of carbonyl (C=O) groups excluding carboxylic acids is 1. The van der Waals surface area contributed by atoms with E-state index in [-0.39, 0.29) is 17.9 Å². The van der Waals surface area contributed by atoms with Gasteiger partial charge in [-0.25, -0.2) is 0 Å². The molecule has 2 atom stereocenters. The third-order valence-electron chi connectivity index (χ3n) is 4.75. The molecule has 1 amide bonds. The summed E-state index contributed by atoms with van der Waals surface area (Å²) in [5.74, 6) is 1.01. The van der Waals surface area contributed by atoms with Gasteiger partial charge in [-0.05, 0) is 24.3 Å². The van der Waals surface area contributed by atoms with E-state index >= 15 is 0 Å². The number of nitrogens with two attached hydrogens (primary N) is 1. The molecule has 0 saturated carbocycles. The summed E-state index contributed by atoms with van der Waals surface area (Å²) in [4.78, 5) is 14.4. The molecule has 2 heterocycles. The molecule has 3 rings (SSSR count). The van der Waals surface area contributed by atoms with Gasteiger partial charge in [0.05, 0.1) is 0 Å². The number of ether oxygens (including phenoxy) is 1. The number of benzene rings is 1. The molecule has 2 saturated heterocycles. The quantitative estimate of drug-likeness (QED) is 0.922. The van der Waals surface area contributed by atoms with Crippen molar-refractivity contribution in [1.29, 1.82) is 0 Å². The number of carbonyl (C=O) groups is 1. The van der Waals surface area contributed by atoms with Crippen molar-refractivity contribution in [2.75, 3.05) is 26.3 Å². The zero-order valence-electron chi connectivity index (χ0n) is 12.4. The van der Waals surface area contributed by atoms with Crippen LogP contribution in [0.25, 0.3) is 0 Å². The Bertz CT molecular complexity index is 471. The van der Waals surface area contributed by atoms with E-state index in [4.69, 9.17) is 10.5 Å². The van der Waals surface area contributed by atoms with Crippen molar-refractivity contribution in [1.82, 2.24) is 4.90 Å².